The van der Waals surface area contributed by atoms with Crippen molar-refractivity contribution in [2.75, 3.05) is 5.75 Å². The lowest BCUT2D eigenvalue weighted by molar-refractivity contribution is -0.119. The van der Waals surface area contributed by atoms with E-state index in [1.165, 1.54) is 19.3 Å². The molecule has 1 fully saturated rings. The van der Waals surface area contributed by atoms with Gasteiger partial charge in [-0.05, 0) is 31.2 Å². The number of nitrogens with one attached hydrogen (secondary N) is 1. The average Bonchev–Trinajstić information content (AvgIpc) is 2.41. The fraction of sp³-hybridized carbons (Fsp3) is 0.588. The second-order valence-electron chi connectivity index (χ2n) is 6.15. The van der Waals surface area contributed by atoms with Crippen LogP contribution < -0.4 is 5.32 Å². The van der Waals surface area contributed by atoms with E-state index < -0.39 is 10.8 Å². The summed E-state index contributed by atoms with van der Waals surface area (Å²) < 4.78 is 12.1. The van der Waals surface area contributed by atoms with E-state index in [1.807, 2.05) is 31.2 Å². The molecule has 3 atom stereocenters. The van der Waals surface area contributed by atoms with Gasteiger partial charge >= 0.3 is 0 Å². The molecule has 116 valence electrons. The van der Waals surface area contributed by atoms with Crippen molar-refractivity contribution in [3.63, 3.8) is 0 Å². The van der Waals surface area contributed by atoms with E-state index in [4.69, 9.17) is 0 Å². The summed E-state index contributed by atoms with van der Waals surface area (Å²) in [7, 11) is -1.14. The van der Waals surface area contributed by atoms with Crippen LogP contribution in [0.3, 0.4) is 0 Å². The largest absolute Gasteiger partial charge is 0.352 e. The topological polar surface area (TPSA) is 46.2 Å². The van der Waals surface area contributed by atoms with Crippen LogP contribution in [-0.2, 0) is 21.3 Å². The Morgan fingerprint density at radius 2 is 2.10 bits per heavy atom. The lowest BCUT2D eigenvalue weighted by atomic mass is 9.86. The first-order valence-corrected chi connectivity index (χ1v) is 9.23. The number of amides is 1. The number of carbonyl (C=O) groups excluding carboxylic acids is 1. The highest BCUT2D eigenvalue weighted by molar-refractivity contribution is 7.84. The fourth-order valence-electron chi connectivity index (χ4n) is 2.96. The summed E-state index contributed by atoms with van der Waals surface area (Å²) in [6, 6.07) is 8.24. The van der Waals surface area contributed by atoms with Crippen LogP contribution in [0.5, 0.6) is 0 Å². The Kier molecular flexibility index (Phi) is 5.97. The van der Waals surface area contributed by atoms with Gasteiger partial charge in [0.05, 0.1) is 0 Å². The molecule has 0 aliphatic heterocycles. The van der Waals surface area contributed by atoms with Gasteiger partial charge in [0.1, 0.15) is 5.75 Å². The van der Waals surface area contributed by atoms with Crippen LogP contribution in [0.25, 0.3) is 0 Å². The molecule has 21 heavy (non-hydrogen) atoms. The summed E-state index contributed by atoms with van der Waals surface area (Å²) in [6.45, 7) is 4.21. The van der Waals surface area contributed by atoms with Gasteiger partial charge in [0.2, 0.25) is 5.91 Å². The molecule has 0 spiro atoms. The summed E-state index contributed by atoms with van der Waals surface area (Å²) in [5.41, 5.74) is 2.19. The first-order valence-electron chi connectivity index (χ1n) is 7.74. The summed E-state index contributed by atoms with van der Waals surface area (Å²) in [4.78, 5) is 12.0. The minimum absolute atomic E-state index is 0.0697. The third-order valence-corrected chi connectivity index (χ3v) is 5.40. The normalized spacial score (nSPS) is 23.5. The van der Waals surface area contributed by atoms with Crippen LogP contribution in [-0.4, -0.2) is 21.9 Å². The minimum atomic E-state index is -1.14. The molecule has 2 rings (SSSR count). The fourth-order valence-corrected chi connectivity index (χ4v) is 3.99. The molecule has 0 saturated heterocycles. The Morgan fingerprint density at radius 1 is 1.33 bits per heavy atom. The molecule has 1 aromatic carbocycles. The molecule has 1 aliphatic carbocycles. The van der Waals surface area contributed by atoms with Gasteiger partial charge in [0, 0.05) is 22.6 Å². The standard InChI is InChI=1S/C17H25NO2S/c1-13-6-5-8-15(10-13)11-21(20)12-17(19)18-16-9-4-3-7-14(16)2/h5-6,8,10,14,16H,3-4,7,9,11-12H2,1-2H3,(H,18,19)/t14-,16-,21+/m1/s1. The predicted molar refractivity (Wildman–Crippen MR) is 87.5 cm³/mol. The maximum absolute atomic E-state index is 12.1. The summed E-state index contributed by atoms with van der Waals surface area (Å²) >= 11 is 0. The maximum Gasteiger partial charge on any atom is 0.232 e. The Bertz CT molecular complexity index is 515. The van der Waals surface area contributed by atoms with Gasteiger partial charge in [0.15, 0.2) is 0 Å². The molecule has 1 amide bonds. The van der Waals surface area contributed by atoms with Crippen molar-refractivity contribution in [1.82, 2.24) is 5.32 Å². The number of aryl methyl sites for hydroxylation is 1. The number of rotatable bonds is 5. The molecule has 0 unspecified atom stereocenters. The van der Waals surface area contributed by atoms with Crippen LogP contribution in [0.15, 0.2) is 24.3 Å². The lowest BCUT2D eigenvalue weighted by Gasteiger charge is -2.29. The van der Waals surface area contributed by atoms with E-state index in [-0.39, 0.29) is 17.7 Å². The highest BCUT2D eigenvalue weighted by Crippen LogP contribution is 2.23. The van der Waals surface area contributed by atoms with Crippen molar-refractivity contribution in [1.29, 1.82) is 0 Å². The van der Waals surface area contributed by atoms with Gasteiger partial charge in [-0.2, -0.15) is 0 Å². The van der Waals surface area contributed by atoms with Crippen molar-refractivity contribution < 1.29 is 9.00 Å². The zero-order chi connectivity index (χ0) is 15.2. The van der Waals surface area contributed by atoms with Crippen LogP contribution in [0.2, 0.25) is 0 Å². The van der Waals surface area contributed by atoms with Crippen LogP contribution in [0.4, 0.5) is 0 Å². The molecule has 1 aromatic rings. The highest BCUT2D eigenvalue weighted by Gasteiger charge is 2.23. The molecule has 1 saturated carbocycles. The molecule has 0 radical (unpaired) electrons. The Morgan fingerprint density at radius 3 is 2.81 bits per heavy atom. The monoisotopic (exact) mass is 307 g/mol. The average molecular weight is 307 g/mol. The maximum atomic E-state index is 12.1. The Hall–Kier alpha value is -1.16. The number of hydrogen-bond acceptors (Lipinski definition) is 2. The Balaban J connectivity index is 1.80. The van der Waals surface area contributed by atoms with Crippen LogP contribution in [0.1, 0.15) is 43.7 Å². The van der Waals surface area contributed by atoms with Gasteiger partial charge in [-0.3, -0.25) is 9.00 Å². The molecule has 1 aliphatic rings. The smallest absolute Gasteiger partial charge is 0.232 e. The van der Waals surface area contributed by atoms with Crippen LogP contribution >= 0.6 is 0 Å². The van der Waals surface area contributed by atoms with Gasteiger partial charge in [-0.1, -0.05) is 49.6 Å². The molecule has 0 aromatic heterocycles. The van der Waals surface area contributed by atoms with Crippen molar-refractivity contribution in [3.8, 4) is 0 Å². The third kappa shape index (κ3) is 5.27. The molecule has 4 heteroatoms. The van der Waals surface area contributed by atoms with E-state index in [2.05, 4.69) is 12.2 Å². The van der Waals surface area contributed by atoms with E-state index in [0.29, 0.717) is 11.7 Å². The molecular formula is C17H25NO2S. The van der Waals surface area contributed by atoms with Gasteiger partial charge in [0.25, 0.3) is 0 Å². The van der Waals surface area contributed by atoms with E-state index in [9.17, 15) is 9.00 Å². The van der Waals surface area contributed by atoms with Gasteiger partial charge in [-0.15, -0.1) is 0 Å². The highest BCUT2D eigenvalue weighted by atomic mass is 32.2. The zero-order valence-electron chi connectivity index (χ0n) is 12.9. The predicted octanol–water partition coefficient (Wildman–Crippen LogP) is 2.94. The number of carbonyl (C=O) groups is 1. The van der Waals surface area contributed by atoms with Crippen molar-refractivity contribution >= 4 is 16.7 Å². The van der Waals surface area contributed by atoms with Crippen molar-refractivity contribution in [2.45, 2.75) is 51.3 Å². The van der Waals surface area contributed by atoms with Crippen LogP contribution in [0, 0.1) is 12.8 Å². The SMILES string of the molecule is Cc1cccc(C[S@](=O)CC(=O)N[C@@H]2CCCC[C@H]2C)c1. The first kappa shape index (κ1) is 16.2. The van der Waals surface area contributed by atoms with Crippen molar-refractivity contribution in [2.24, 2.45) is 5.92 Å². The summed E-state index contributed by atoms with van der Waals surface area (Å²) in [6.07, 6.45) is 4.67. The molecule has 0 heterocycles. The first-order chi connectivity index (χ1) is 10.0. The molecule has 0 bridgehead atoms. The Labute approximate surface area is 130 Å². The third-order valence-electron chi connectivity index (χ3n) is 4.16. The lowest BCUT2D eigenvalue weighted by Crippen LogP contribution is -2.42. The quantitative estimate of drug-likeness (QED) is 0.909. The summed E-state index contributed by atoms with van der Waals surface area (Å²) in [5.74, 6) is 1.03. The molecular weight excluding hydrogens is 282 g/mol. The van der Waals surface area contributed by atoms with Crippen molar-refractivity contribution in [3.05, 3.63) is 35.4 Å². The summed E-state index contributed by atoms with van der Waals surface area (Å²) in [5, 5.41) is 3.06. The van der Waals surface area contributed by atoms with Gasteiger partial charge < -0.3 is 5.32 Å². The van der Waals surface area contributed by atoms with E-state index in [0.717, 1.165) is 17.5 Å². The van der Waals surface area contributed by atoms with E-state index >= 15 is 0 Å². The zero-order valence-corrected chi connectivity index (χ0v) is 13.7. The second kappa shape index (κ2) is 7.74. The van der Waals surface area contributed by atoms with Gasteiger partial charge in [-0.25, -0.2) is 0 Å². The number of benzene rings is 1. The molecule has 1 N–H and O–H groups in total. The minimum Gasteiger partial charge on any atom is -0.352 e. The molecule has 3 nitrogen and oxygen atoms in total. The number of hydrogen-bond donors (Lipinski definition) is 1. The van der Waals surface area contributed by atoms with E-state index in [1.54, 1.807) is 0 Å². The second-order valence-corrected chi connectivity index (χ2v) is 7.61.